The fourth-order valence-electron chi connectivity index (χ4n) is 3.16. The number of aliphatic hydroxyl groups excluding tert-OH is 1. The summed E-state index contributed by atoms with van der Waals surface area (Å²) in [6, 6.07) is 8.11. The maximum atomic E-state index is 9.40. The molecule has 6 nitrogen and oxygen atoms in total. The second-order valence-electron chi connectivity index (χ2n) is 7.24. The van der Waals surface area contributed by atoms with E-state index in [9.17, 15) is 5.11 Å². The summed E-state index contributed by atoms with van der Waals surface area (Å²) in [6.07, 6.45) is 4.48. The van der Waals surface area contributed by atoms with E-state index in [1.165, 1.54) is 5.56 Å². The van der Waals surface area contributed by atoms with Gasteiger partial charge in [-0.15, -0.1) is 0 Å². The molecule has 1 aromatic carbocycles. The maximum Gasteiger partial charge on any atom is 0.226 e. The quantitative estimate of drug-likeness (QED) is 0.426. The number of aliphatic imine (C=N–C) groups is 1. The summed E-state index contributed by atoms with van der Waals surface area (Å²) < 4.78 is 5.61. The predicted molar refractivity (Wildman–Crippen MR) is 114 cm³/mol. The lowest BCUT2D eigenvalue weighted by atomic mass is 9.79. The van der Waals surface area contributed by atoms with Crippen LogP contribution >= 0.6 is 0 Å². The predicted octanol–water partition coefficient (Wildman–Crippen LogP) is 3.89. The van der Waals surface area contributed by atoms with Crippen molar-refractivity contribution in [3.8, 4) is 11.5 Å². The molecule has 0 unspecified atom stereocenters. The third-order valence-electron chi connectivity index (χ3n) is 5.37. The second-order valence-corrected chi connectivity index (χ2v) is 7.24. The summed E-state index contributed by atoms with van der Waals surface area (Å²) in [5.74, 6) is 1.37. The summed E-state index contributed by atoms with van der Waals surface area (Å²) in [5.41, 5.74) is 3.04. The van der Waals surface area contributed by atoms with E-state index in [4.69, 9.17) is 4.42 Å². The lowest BCUT2D eigenvalue weighted by Gasteiger charge is -2.32. The number of hydrogen-bond acceptors (Lipinski definition) is 4. The van der Waals surface area contributed by atoms with E-state index in [-0.39, 0.29) is 12.0 Å². The fourth-order valence-corrected chi connectivity index (χ4v) is 3.16. The van der Waals surface area contributed by atoms with Gasteiger partial charge >= 0.3 is 0 Å². The number of benzene rings is 1. The van der Waals surface area contributed by atoms with E-state index >= 15 is 0 Å². The minimum Gasteiger partial charge on any atom is -0.444 e. The van der Waals surface area contributed by atoms with Crippen LogP contribution in [0.2, 0.25) is 0 Å². The molecule has 0 atom stereocenters. The molecule has 2 rings (SSSR count). The molecule has 6 heteroatoms. The van der Waals surface area contributed by atoms with Crippen LogP contribution in [0.15, 0.2) is 39.9 Å². The van der Waals surface area contributed by atoms with Crippen molar-refractivity contribution in [2.75, 3.05) is 19.7 Å². The van der Waals surface area contributed by atoms with Gasteiger partial charge in [-0.3, -0.25) is 0 Å². The zero-order chi connectivity index (χ0) is 20.4. The highest BCUT2D eigenvalue weighted by Crippen LogP contribution is 2.29. The molecule has 0 amide bonds. The van der Waals surface area contributed by atoms with Crippen molar-refractivity contribution in [1.82, 2.24) is 15.6 Å². The number of aryl methyl sites for hydroxylation is 1. The van der Waals surface area contributed by atoms with Crippen LogP contribution in [-0.4, -0.2) is 35.7 Å². The molecule has 0 spiro atoms. The molecule has 0 radical (unpaired) electrons. The van der Waals surface area contributed by atoms with Crippen molar-refractivity contribution >= 4 is 5.96 Å². The van der Waals surface area contributed by atoms with E-state index in [1.807, 2.05) is 31.2 Å². The average molecular weight is 387 g/mol. The molecule has 0 bridgehead atoms. The average Bonchev–Trinajstić information content (AvgIpc) is 3.18. The highest BCUT2D eigenvalue weighted by molar-refractivity contribution is 5.79. The third kappa shape index (κ3) is 6.09. The molecule has 0 aliphatic carbocycles. The second kappa shape index (κ2) is 10.9. The number of guanidine groups is 1. The monoisotopic (exact) mass is 386 g/mol. The van der Waals surface area contributed by atoms with E-state index in [1.54, 1.807) is 6.26 Å². The van der Waals surface area contributed by atoms with Crippen LogP contribution in [0.5, 0.6) is 0 Å². The molecule has 0 aliphatic heterocycles. The summed E-state index contributed by atoms with van der Waals surface area (Å²) >= 11 is 0. The van der Waals surface area contributed by atoms with Gasteiger partial charge in [0.1, 0.15) is 12.0 Å². The Hall–Kier alpha value is -2.34. The Morgan fingerprint density at radius 1 is 1.14 bits per heavy atom. The zero-order valence-corrected chi connectivity index (χ0v) is 17.6. The van der Waals surface area contributed by atoms with Gasteiger partial charge in [0.15, 0.2) is 5.96 Å². The van der Waals surface area contributed by atoms with Gasteiger partial charge in [-0.1, -0.05) is 31.5 Å². The Labute approximate surface area is 168 Å². The number of aromatic nitrogens is 1. The normalized spacial score (nSPS) is 12.2. The molecule has 1 aromatic heterocycles. The smallest absolute Gasteiger partial charge is 0.226 e. The van der Waals surface area contributed by atoms with Gasteiger partial charge in [-0.05, 0) is 50.7 Å². The van der Waals surface area contributed by atoms with Crippen molar-refractivity contribution in [2.24, 2.45) is 10.4 Å². The van der Waals surface area contributed by atoms with Gasteiger partial charge < -0.3 is 20.2 Å². The third-order valence-corrected chi connectivity index (χ3v) is 5.37. The minimum atomic E-state index is 0.0808. The first-order valence-electron chi connectivity index (χ1n) is 10.2. The summed E-state index contributed by atoms with van der Waals surface area (Å²) in [5, 5.41) is 16.1. The molecular weight excluding hydrogens is 352 g/mol. The first-order valence-corrected chi connectivity index (χ1v) is 10.2. The lowest BCUT2D eigenvalue weighted by molar-refractivity contribution is 0.169. The standard InChI is InChI=1S/C22H34N4O2/c1-5-22(6-2,12-13-27)16-25-21(23-7-3)24-14-19-15-28-20(26-19)18-10-8-17(4)9-11-18/h8-11,15,27H,5-7,12-14,16H2,1-4H3,(H2,23,24,25). The van der Waals surface area contributed by atoms with Crippen molar-refractivity contribution in [3.63, 3.8) is 0 Å². The van der Waals surface area contributed by atoms with Gasteiger partial charge in [0, 0.05) is 25.3 Å². The number of aliphatic hydroxyl groups is 1. The Balaban J connectivity index is 2.03. The molecular formula is C22H34N4O2. The topological polar surface area (TPSA) is 82.7 Å². The summed E-state index contributed by atoms with van der Waals surface area (Å²) in [7, 11) is 0. The Bertz CT molecular complexity index is 733. The molecule has 0 fully saturated rings. The molecule has 28 heavy (non-hydrogen) atoms. The lowest BCUT2D eigenvalue weighted by Crippen LogP contribution is -2.43. The van der Waals surface area contributed by atoms with Gasteiger partial charge in [0.2, 0.25) is 5.89 Å². The number of hydrogen-bond donors (Lipinski definition) is 3. The first kappa shape index (κ1) is 22.0. The number of nitrogens with zero attached hydrogens (tertiary/aromatic N) is 2. The van der Waals surface area contributed by atoms with Crippen molar-refractivity contribution < 1.29 is 9.52 Å². The van der Waals surface area contributed by atoms with Gasteiger partial charge in [0.25, 0.3) is 0 Å². The van der Waals surface area contributed by atoms with E-state index < -0.39 is 0 Å². The molecule has 0 saturated heterocycles. The van der Waals surface area contributed by atoms with E-state index in [0.717, 1.165) is 49.6 Å². The highest BCUT2D eigenvalue weighted by Gasteiger charge is 2.25. The molecule has 3 N–H and O–H groups in total. The largest absolute Gasteiger partial charge is 0.444 e. The number of oxazole rings is 1. The van der Waals surface area contributed by atoms with E-state index in [2.05, 4.69) is 41.4 Å². The first-order chi connectivity index (χ1) is 13.6. The van der Waals surface area contributed by atoms with Gasteiger partial charge in [-0.25, -0.2) is 9.98 Å². The van der Waals surface area contributed by atoms with Crippen molar-refractivity contribution in [3.05, 3.63) is 41.8 Å². The maximum absolute atomic E-state index is 9.40. The Kier molecular flexibility index (Phi) is 8.51. The summed E-state index contributed by atoms with van der Waals surface area (Å²) in [6.45, 7) is 10.7. The van der Waals surface area contributed by atoms with Crippen LogP contribution in [0.25, 0.3) is 11.5 Å². The SMILES string of the molecule is CCNC(=NCc1coc(-c2ccc(C)cc2)n1)NCC(CC)(CC)CCO. The molecule has 0 saturated carbocycles. The number of nitrogens with one attached hydrogen (secondary N) is 2. The van der Waals surface area contributed by atoms with Crippen LogP contribution < -0.4 is 10.6 Å². The molecule has 0 aliphatic rings. The van der Waals surface area contributed by atoms with E-state index in [0.29, 0.717) is 12.4 Å². The Morgan fingerprint density at radius 2 is 1.86 bits per heavy atom. The molecule has 2 aromatic rings. The highest BCUT2D eigenvalue weighted by atomic mass is 16.3. The van der Waals surface area contributed by atoms with Gasteiger partial charge in [-0.2, -0.15) is 0 Å². The van der Waals surface area contributed by atoms with Crippen LogP contribution in [0, 0.1) is 12.3 Å². The van der Waals surface area contributed by atoms with Crippen molar-refractivity contribution in [1.29, 1.82) is 0 Å². The minimum absolute atomic E-state index is 0.0808. The fraction of sp³-hybridized carbons (Fsp3) is 0.545. The van der Waals surface area contributed by atoms with Crippen LogP contribution in [0.4, 0.5) is 0 Å². The molecule has 1 heterocycles. The van der Waals surface area contributed by atoms with Crippen LogP contribution in [-0.2, 0) is 6.54 Å². The van der Waals surface area contributed by atoms with Crippen molar-refractivity contribution in [2.45, 2.75) is 53.5 Å². The zero-order valence-electron chi connectivity index (χ0n) is 17.6. The molecule has 154 valence electrons. The summed E-state index contributed by atoms with van der Waals surface area (Å²) in [4.78, 5) is 9.20. The van der Waals surface area contributed by atoms with Gasteiger partial charge in [0.05, 0.1) is 6.54 Å². The number of rotatable bonds is 10. The van der Waals surface area contributed by atoms with Crippen LogP contribution in [0.3, 0.4) is 0 Å². The Morgan fingerprint density at radius 3 is 2.46 bits per heavy atom. The van der Waals surface area contributed by atoms with Crippen LogP contribution in [0.1, 0.15) is 51.3 Å².